The molecule has 0 bridgehead atoms. The zero-order valence-corrected chi connectivity index (χ0v) is 15.3. The van der Waals surface area contributed by atoms with E-state index < -0.39 is 0 Å². The van der Waals surface area contributed by atoms with Gasteiger partial charge >= 0.3 is 0 Å². The SMILES string of the molecule is Cc1ccccc1N=Nc1ccc(NC(=O)COc2ccccc2)cc1C. The average molecular weight is 359 g/mol. The number of ether oxygens (including phenoxy) is 1. The van der Waals surface area contributed by atoms with E-state index >= 15 is 0 Å². The zero-order valence-electron chi connectivity index (χ0n) is 15.3. The molecule has 0 atom stereocenters. The molecule has 27 heavy (non-hydrogen) atoms. The molecule has 3 rings (SSSR count). The number of hydrogen-bond donors (Lipinski definition) is 1. The first-order chi connectivity index (χ1) is 13.1. The lowest BCUT2D eigenvalue weighted by molar-refractivity contribution is -0.118. The van der Waals surface area contributed by atoms with Crippen molar-refractivity contribution in [3.8, 4) is 5.75 Å². The summed E-state index contributed by atoms with van der Waals surface area (Å²) in [6.07, 6.45) is 0. The van der Waals surface area contributed by atoms with Gasteiger partial charge in [0.1, 0.15) is 5.75 Å². The molecule has 136 valence electrons. The summed E-state index contributed by atoms with van der Waals surface area (Å²) in [5.41, 5.74) is 4.29. The Morgan fingerprint density at radius 2 is 1.52 bits per heavy atom. The molecule has 0 saturated carbocycles. The third-order valence-electron chi connectivity index (χ3n) is 3.97. The van der Waals surface area contributed by atoms with E-state index in [4.69, 9.17) is 4.74 Å². The summed E-state index contributed by atoms with van der Waals surface area (Å²) in [5.74, 6) is 0.448. The van der Waals surface area contributed by atoms with E-state index in [0.717, 1.165) is 22.5 Å². The van der Waals surface area contributed by atoms with Gasteiger partial charge in [0.05, 0.1) is 11.4 Å². The molecule has 3 aromatic rings. The topological polar surface area (TPSA) is 63.0 Å². The Balaban J connectivity index is 1.61. The standard InChI is InChI=1S/C22H21N3O2/c1-16-8-6-7-11-20(16)24-25-21-13-12-18(14-17(21)2)23-22(26)15-27-19-9-4-3-5-10-19/h3-14H,15H2,1-2H3,(H,23,26). The molecule has 0 unspecified atom stereocenters. The molecule has 0 spiro atoms. The Morgan fingerprint density at radius 3 is 2.22 bits per heavy atom. The van der Waals surface area contributed by atoms with Crippen LogP contribution in [0.15, 0.2) is 83.0 Å². The van der Waals surface area contributed by atoms with E-state index in [9.17, 15) is 4.79 Å². The number of anilines is 1. The third-order valence-corrected chi connectivity index (χ3v) is 3.97. The Kier molecular flexibility index (Phi) is 5.94. The molecule has 0 aliphatic heterocycles. The van der Waals surface area contributed by atoms with Crippen molar-refractivity contribution in [1.82, 2.24) is 0 Å². The summed E-state index contributed by atoms with van der Waals surface area (Å²) in [5, 5.41) is 11.5. The highest BCUT2D eigenvalue weighted by molar-refractivity contribution is 5.92. The second-order valence-corrected chi connectivity index (χ2v) is 6.14. The third kappa shape index (κ3) is 5.25. The van der Waals surface area contributed by atoms with E-state index in [1.165, 1.54) is 0 Å². The number of nitrogens with zero attached hydrogens (tertiary/aromatic N) is 2. The number of azo groups is 1. The van der Waals surface area contributed by atoms with Gasteiger partial charge in [0.15, 0.2) is 6.61 Å². The smallest absolute Gasteiger partial charge is 0.262 e. The largest absolute Gasteiger partial charge is 0.484 e. The second kappa shape index (κ2) is 8.76. The monoisotopic (exact) mass is 359 g/mol. The summed E-state index contributed by atoms with van der Waals surface area (Å²) in [6, 6.07) is 22.6. The molecule has 1 amide bonds. The number of rotatable bonds is 6. The van der Waals surface area contributed by atoms with Gasteiger partial charge in [0, 0.05) is 5.69 Å². The number of carbonyl (C=O) groups is 1. The van der Waals surface area contributed by atoms with Crippen molar-refractivity contribution >= 4 is 23.0 Å². The van der Waals surface area contributed by atoms with Crippen molar-refractivity contribution in [2.24, 2.45) is 10.2 Å². The number of nitrogens with one attached hydrogen (secondary N) is 1. The maximum atomic E-state index is 12.1. The lowest BCUT2D eigenvalue weighted by Crippen LogP contribution is -2.20. The predicted molar refractivity (Wildman–Crippen MR) is 107 cm³/mol. The minimum absolute atomic E-state index is 0.0438. The van der Waals surface area contributed by atoms with E-state index in [1.54, 1.807) is 6.07 Å². The molecule has 0 aliphatic carbocycles. The highest BCUT2D eigenvalue weighted by Gasteiger charge is 2.06. The zero-order chi connectivity index (χ0) is 19.1. The second-order valence-electron chi connectivity index (χ2n) is 6.14. The van der Waals surface area contributed by atoms with Crippen LogP contribution in [0.5, 0.6) is 5.75 Å². The van der Waals surface area contributed by atoms with Crippen LogP contribution in [-0.4, -0.2) is 12.5 Å². The molecule has 5 nitrogen and oxygen atoms in total. The van der Waals surface area contributed by atoms with Crippen molar-refractivity contribution in [3.05, 3.63) is 83.9 Å². The summed E-state index contributed by atoms with van der Waals surface area (Å²) in [4.78, 5) is 12.1. The first kappa shape index (κ1) is 18.3. The number of para-hydroxylation sites is 1. The normalized spacial score (nSPS) is 10.7. The molecule has 0 radical (unpaired) electrons. The number of amides is 1. The maximum Gasteiger partial charge on any atom is 0.262 e. The van der Waals surface area contributed by atoms with Crippen molar-refractivity contribution in [3.63, 3.8) is 0 Å². The van der Waals surface area contributed by atoms with Gasteiger partial charge in [-0.05, 0) is 61.4 Å². The van der Waals surface area contributed by atoms with Crippen LogP contribution in [0.2, 0.25) is 0 Å². The van der Waals surface area contributed by atoms with E-state index in [1.807, 2.05) is 80.6 Å². The van der Waals surface area contributed by atoms with E-state index in [-0.39, 0.29) is 12.5 Å². The van der Waals surface area contributed by atoms with Crippen LogP contribution in [0.4, 0.5) is 17.1 Å². The first-order valence-electron chi connectivity index (χ1n) is 8.67. The number of hydrogen-bond acceptors (Lipinski definition) is 4. The fraction of sp³-hybridized carbons (Fsp3) is 0.136. The summed E-state index contributed by atoms with van der Waals surface area (Å²) in [6.45, 7) is 3.89. The molecular formula is C22H21N3O2. The lowest BCUT2D eigenvalue weighted by atomic mass is 10.2. The highest BCUT2D eigenvalue weighted by Crippen LogP contribution is 2.26. The molecule has 0 aliphatic rings. The van der Waals surface area contributed by atoms with Crippen molar-refractivity contribution in [1.29, 1.82) is 0 Å². The average Bonchev–Trinajstić information content (AvgIpc) is 2.68. The first-order valence-corrected chi connectivity index (χ1v) is 8.67. The summed E-state index contributed by atoms with van der Waals surface area (Å²) in [7, 11) is 0. The Hall–Kier alpha value is -3.47. The Labute approximate surface area is 158 Å². The van der Waals surface area contributed by atoms with Crippen LogP contribution >= 0.6 is 0 Å². The molecule has 0 heterocycles. The van der Waals surface area contributed by atoms with Crippen LogP contribution in [0, 0.1) is 13.8 Å². The van der Waals surface area contributed by atoms with Gasteiger partial charge in [-0.2, -0.15) is 10.2 Å². The lowest BCUT2D eigenvalue weighted by Gasteiger charge is -2.09. The number of benzene rings is 3. The molecule has 0 fully saturated rings. The van der Waals surface area contributed by atoms with Gasteiger partial charge in [-0.1, -0.05) is 36.4 Å². The molecule has 0 aromatic heterocycles. The van der Waals surface area contributed by atoms with Gasteiger partial charge < -0.3 is 10.1 Å². The maximum absolute atomic E-state index is 12.1. The number of carbonyl (C=O) groups excluding carboxylic acids is 1. The van der Waals surface area contributed by atoms with Crippen molar-refractivity contribution in [2.45, 2.75) is 13.8 Å². The Bertz CT molecular complexity index is 953. The van der Waals surface area contributed by atoms with Gasteiger partial charge in [0.25, 0.3) is 5.91 Å². The summed E-state index contributed by atoms with van der Waals surface area (Å²) >= 11 is 0. The summed E-state index contributed by atoms with van der Waals surface area (Å²) < 4.78 is 5.45. The quantitative estimate of drug-likeness (QED) is 0.571. The fourth-order valence-corrected chi connectivity index (χ4v) is 2.49. The van der Waals surface area contributed by atoms with Crippen LogP contribution in [0.3, 0.4) is 0 Å². The van der Waals surface area contributed by atoms with Gasteiger partial charge in [-0.3, -0.25) is 4.79 Å². The van der Waals surface area contributed by atoms with Crippen LogP contribution in [-0.2, 0) is 4.79 Å². The van der Waals surface area contributed by atoms with Crippen LogP contribution in [0.25, 0.3) is 0 Å². The van der Waals surface area contributed by atoms with E-state index in [0.29, 0.717) is 11.4 Å². The number of aryl methyl sites for hydroxylation is 2. The van der Waals surface area contributed by atoms with Crippen LogP contribution < -0.4 is 10.1 Å². The molecule has 0 saturated heterocycles. The minimum atomic E-state index is -0.215. The molecular weight excluding hydrogens is 338 g/mol. The van der Waals surface area contributed by atoms with Crippen LogP contribution in [0.1, 0.15) is 11.1 Å². The Morgan fingerprint density at radius 1 is 0.852 bits per heavy atom. The molecule has 1 N–H and O–H groups in total. The van der Waals surface area contributed by atoms with Crippen molar-refractivity contribution < 1.29 is 9.53 Å². The molecule has 3 aromatic carbocycles. The fourth-order valence-electron chi connectivity index (χ4n) is 2.49. The minimum Gasteiger partial charge on any atom is -0.484 e. The highest BCUT2D eigenvalue weighted by atomic mass is 16.5. The van der Waals surface area contributed by atoms with Gasteiger partial charge in [-0.25, -0.2) is 0 Å². The van der Waals surface area contributed by atoms with Gasteiger partial charge in [0.2, 0.25) is 0 Å². The van der Waals surface area contributed by atoms with Gasteiger partial charge in [-0.15, -0.1) is 0 Å². The molecule has 5 heteroatoms. The van der Waals surface area contributed by atoms with E-state index in [2.05, 4.69) is 15.5 Å². The van der Waals surface area contributed by atoms with Crippen molar-refractivity contribution in [2.75, 3.05) is 11.9 Å². The predicted octanol–water partition coefficient (Wildman–Crippen LogP) is 5.74.